The molecule has 0 bridgehead atoms. The molecule has 0 aromatic heterocycles. The van der Waals surface area contributed by atoms with Gasteiger partial charge in [0.15, 0.2) is 0 Å². The standard InChI is InChI=1S/C29H26F4N4O3/c1-14-12-28(3)24-22(15(14)2)34-21(38)13-36(24)27(39)37-25(28)23(16-5-7-17(8-6-16)29(31,32)33)35-26(37)19-11-18(30)9-10-20(19)40-4/h5-12,15,23,25H,13H2,1-4H3,(H,34,38). The van der Waals surface area contributed by atoms with Crippen molar-refractivity contribution in [3.05, 3.63) is 88.0 Å². The minimum Gasteiger partial charge on any atom is -0.496 e. The molecule has 11 heteroatoms. The van der Waals surface area contributed by atoms with Gasteiger partial charge >= 0.3 is 12.2 Å². The van der Waals surface area contributed by atoms with E-state index in [9.17, 15) is 27.2 Å². The van der Waals surface area contributed by atoms with E-state index in [1.165, 1.54) is 47.2 Å². The molecule has 0 saturated carbocycles. The van der Waals surface area contributed by atoms with E-state index in [2.05, 4.69) is 5.32 Å². The highest BCUT2D eigenvalue weighted by Crippen LogP contribution is 2.56. The van der Waals surface area contributed by atoms with Gasteiger partial charge < -0.3 is 10.1 Å². The number of ether oxygens (including phenoxy) is 1. The van der Waals surface area contributed by atoms with Gasteiger partial charge in [-0.25, -0.2) is 9.18 Å². The molecular weight excluding hydrogens is 528 g/mol. The molecule has 2 aromatic rings. The third-order valence-electron chi connectivity index (χ3n) is 8.35. The first-order valence-electron chi connectivity index (χ1n) is 12.8. The molecule has 1 aliphatic carbocycles. The van der Waals surface area contributed by atoms with E-state index >= 15 is 0 Å². The first-order chi connectivity index (χ1) is 18.8. The molecule has 3 aliphatic heterocycles. The quantitative estimate of drug-likeness (QED) is 0.408. The number of nitrogens with one attached hydrogen (secondary N) is 1. The number of carbonyl (C=O) groups is 2. The van der Waals surface area contributed by atoms with Crippen LogP contribution in [0.25, 0.3) is 0 Å². The van der Waals surface area contributed by atoms with Crippen LogP contribution in [0.2, 0.25) is 0 Å². The van der Waals surface area contributed by atoms with Crippen LogP contribution in [0.1, 0.15) is 43.5 Å². The third kappa shape index (κ3) is 3.66. The summed E-state index contributed by atoms with van der Waals surface area (Å²) in [6.07, 6.45) is -2.47. The van der Waals surface area contributed by atoms with Gasteiger partial charge in [-0.1, -0.05) is 30.7 Å². The Hall–Kier alpha value is -4.15. The molecule has 2 aromatic carbocycles. The summed E-state index contributed by atoms with van der Waals surface area (Å²) in [6, 6.07) is 6.52. The highest BCUT2D eigenvalue weighted by molar-refractivity contribution is 6.12. The normalized spacial score (nSPS) is 27.6. The number of allylic oxidation sites excluding steroid dienone is 1. The number of amides is 3. The van der Waals surface area contributed by atoms with E-state index in [1.807, 2.05) is 26.8 Å². The van der Waals surface area contributed by atoms with Crippen molar-refractivity contribution in [2.75, 3.05) is 13.7 Å². The number of amidine groups is 1. The molecule has 0 radical (unpaired) electrons. The number of nitrogens with zero attached hydrogens (tertiary/aromatic N) is 3. The zero-order valence-electron chi connectivity index (χ0n) is 22.1. The molecule has 40 heavy (non-hydrogen) atoms. The number of fused-ring (bicyclic) bond motifs is 2. The van der Waals surface area contributed by atoms with E-state index in [1.54, 1.807) is 0 Å². The van der Waals surface area contributed by atoms with Crippen molar-refractivity contribution in [2.45, 2.75) is 39.0 Å². The van der Waals surface area contributed by atoms with Crippen LogP contribution >= 0.6 is 0 Å². The summed E-state index contributed by atoms with van der Waals surface area (Å²) in [6.45, 7) is 5.60. The number of benzene rings is 2. The van der Waals surface area contributed by atoms with Gasteiger partial charge in [0.05, 0.1) is 41.4 Å². The number of hydrogen-bond acceptors (Lipinski definition) is 4. The number of rotatable bonds is 3. The summed E-state index contributed by atoms with van der Waals surface area (Å²) in [5.41, 5.74) is 1.19. The predicted octanol–water partition coefficient (Wildman–Crippen LogP) is 5.40. The molecule has 1 fully saturated rings. The Morgan fingerprint density at radius 3 is 2.48 bits per heavy atom. The fourth-order valence-electron chi connectivity index (χ4n) is 6.45. The lowest BCUT2D eigenvalue weighted by Gasteiger charge is -2.55. The van der Waals surface area contributed by atoms with Crippen LogP contribution in [-0.4, -0.2) is 47.3 Å². The van der Waals surface area contributed by atoms with Crippen molar-refractivity contribution >= 4 is 17.8 Å². The van der Waals surface area contributed by atoms with E-state index in [-0.39, 0.29) is 35.5 Å². The maximum absolute atomic E-state index is 14.5. The predicted molar refractivity (Wildman–Crippen MR) is 138 cm³/mol. The minimum atomic E-state index is -4.52. The molecule has 1 saturated heterocycles. The van der Waals surface area contributed by atoms with Crippen molar-refractivity contribution < 1.29 is 31.9 Å². The highest BCUT2D eigenvalue weighted by atomic mass is 19.4. The molecule has 4 aliphatic rings. The monoisotopic (exact) mass is 554 g/mol. The van der Waals surface area contributed by atoms with Crippen LogP contribution in [0.3, 0.4) is 0 Å². The molecule has 3 amide bonds. The molecule has 7 nitrogen and oxygen atoms in total. The second kappa shape index (κ2) is 8.67. The Labute approximate surface area is 227 Å². The van der Waals surface area contributed by atoms with Crippen LogP contribution in [0.4, 0.5) is 22.4 Å². The van der Waals surface area contributed by atoms with Crippen LogP contribution in [-0.2, 0) is 11.0 Å². The van der Waals surface area contributed by atoms with Crippen LogP contribution < -0.4 is 10.1 Å². The number of methoxy groups -OCH3 is 1. The SMILES string of the molecule is COc1ccc(F)cc1C1=NC(c2ccc(C(F)(F)F)cc2)C2N1C(=O)N1CC(=O)NC3=C1C2(C)C=C(C)C3C. The van der Waals surface area contributed by atoms with Gasteiger partial charge in [0.2, 0.25) is 5.91 Å². The largest absolute Gasteiger partial charge is 0.496 e. The molecular formula is C29H26F4N4O3. The summed E-state index contributed by atoms with van der Waals surface area (Å²) in [5, 5.41) is 2.96. The third-order valence-corrected chi connectivity index (χ3v) is 8.35. The van der Waals surface area contributed by atoms with Crippen LogP contribution in [0.5, 0.6) is 5.75 Å². The van der Waals surface area contributed by atoms with Crippen molar-refractivity contribution in [1.29, 1.82) is 0 Å². The van der Waals surface area contributed by atoms with Crippen molar-refractivity contribution in [3.8, 4) is 5.75 Å². The van der Waals surface area contributed by atoms with E-state index in [0.29, 0.717) is 17.0 Å². The van der Waals surface area contributed by atoms with Crippen LogP contribution in [0.15, 0.2) is 70.5 Å². The topological polar surface area (TPSA) is 74.2 Å². The molecule has 208 valence electrons. The lowest BCUT2D eigenvalue weighted by molar-refractivity contribution is -0.137. The number of halogens is 4. The molecule has 6 rings (SSSR count). The first-order valence-corrected chi connectivity index (χ1v) is 12.8. The Kier molecular flexibility index (Phi) is 5.66. The number of carbonyl (C=O) groups excluding carboxylic acids is 2. The summed E-state index contributed by atoms with van der Waals surface area (Å²) >= 11 is 0. The van der Waals surface area contributed by atoms with Crippen molar-refractivity contribution in [1.82, 2.24) is 15.1 Å². The van der Waals surface area contributed by atoms with Gasteiger partial charge in [-0.05, 0) is 49.7 Å². The summed E-state index contributed by atoms with van der Waals surface area (Å²) < 4.78 is 60.1. The van der Waals surface area contributed by atoms with Gasteiger partial charge in [-0.15, -0.1) is 0 Å². The Morgan fingerprint density at radius 1 is 1.12 bits per heavy atom. The Balaban J connectivity index is 1.60. The van der Waals surface area contributed by atoms with Crippen LogP contribution in [0, 0.1) is 17.2 Å². The second-order valence-electron chi connectivity index (χ2n) is 10.7. The van der Waals surface area contributed by atoms with Gasteiger partial charge in [0.1, 0.15) is 23.9 Å². The summed E-state index contributed by atoms with van der Waals surface area (Å²) in [5.74, 6) is -0.689. The number of aliphatic imine (C=N–C) groups is 1. The van der Waals surface area contributed by atoms with E-state index in [4.69, 9.17) is 9.73 Å². The zero-order chi connectivity index (χ0) is 28.7. The Morgan fingerprint density at radius 2 is 1.82 bits per heavy atom. The molecule has 3 heterocycles. The Bertz CT molecular complexity index is 1550. The van der Waals surface area contributed by atoms with Gasteiger partial charge in [-0.3, -0.25) is 19.6 Å². The highest BCUT2D eigenvalue weighted by Gasteiger charge is 2.61. The average Bonchev–Trinajstić information content (AvgIpc) is 3.31. The van der Waals surface area contributed by atoms with Crippen molar-refractivity contribution in [3.63, 3.8) is 0 Å². The average molecular weight is 555 g/mol. The lowest BCUT2D eigenvalue weighted by atomic mass is 9.66. The van der Waals surface area contributed by atoms with Crippen molar-refractivity contribution in [2.24, 2.45) is 16.3 Å². The molecule has 4 atom stereocenters. The van der Waals surface area contributed by atoms with E-state index < -0.39 is 41.1 Å². The lowest BCUT2D eigenvalue weighted by Crippen LogP contribution is -2.66. The maximum atomic E-state index is 14.5. The van der Waals surface area contributed by atoms with Gasteiger partial charge in [0.25, 0.3) is 0 Å². The van der Waals surface area contributed by atoms with Gasteiger partial charge in [-0.2, -0.15) is 13.2 Å². The smallest absolute Gasteiger partial charge is 0.416 e. The fraction of sp³-hybridized carbons (Fsp3) is 0.345. The summed E-state index contributed by atoms with van der Waals surface area (Å²) in [4.78, 5) is 34.7. The van der Waals surface area contributed by atoms with E-state index in [0.717, 1.165) is 17.7 Å². The number of urea groups is 1. The molecule has 1 N–H and O–H groups in total. The zero-order valence-corrected chi connectivity index (χ0v) is 22.1. The molecule has 4 unspecified atom stereocenters. The van der Waals surface area contributed by atoms with Gasteiger partial charge in [0, 0.05) is 11.6 Å². The first kappa shape index (κ1) is 26.1. The number of alkyl halides is 3. The summed E-state index contributed by atoms with van der Waals surface area (Å²) in [7, 11) is 1.41. The minimum absolute atomic E-state index is 0.119. The fourth-order valence-corrected chi connectivity index (χ4v) is 6.45. The maximum Gasteiger partial charge on any atom is 0.416 e. The number of hydrogen-bond donors (Lipinski definition) is 1. The second-order valence-corrected chi connectivity index (χ2v) is 10.7. The molecule has 0 spiro atoms.